The van der Waals surface area contributed by atoms with Crippen LogP contribution >= 0.6 is 11.6 Å². The average Bonchev–Trinajstić information content (AvgIpc) is 2.17. The topological polar surface area (TPSA) is 39.2 Å². The van der Waals surface area contributed by atoms with Crippen molar-refractivity contribution in [1.29, 1.82) is 0 Å². The standard InChI is InChI=1S/C10H10ClF2NO2/c1-3-16-10(15)8-5(2)7(9(12)13)6(11)4-14-8/h4,9H,3H2,1-2H3. The van der Waals surface area contributed by atoms with E-state index in [-0.39, 0.29) is 28.5 Å². The van der Waals surface area contributed by atoms with Crippen molar-refractivity contribution in [2.45, 2.75) is 20.3 Å². The first-order valence-corrected chi connectivity index (χ1v) is 4.97. The third kappa shape index (κ3) is 2.47. The first kappa shape index (κ1) is 12.8. The fourth-order valence-corrected chi connectivity index (χ4v) is 1.54. The van der Waals surface area contributed by atoms with Crippen LogP contribution in [0.25, 0.3) is 0 Å². The Bertz CT molecular complexity index is 410. The summed E-state index contributed by atoms with van der Waals surface area (Å²) < 4.78 is 30.0. The highest BCUT2D eigenvalue weighted by Crippen LogP contribution is 2.30. The lowest BCUT2D eigenvalue weighted by molar-refractivity contribution is 0.0518. The summed E-state index contributed by atoms with van der Waals surface area (Å²) in [7, 11) is 0. The van der Waals surface area contributed by atoms with Crippen LogP contribution in [0.5, 0.6) is 0 Å². The second-order valence-electron chi connectivity index (χ2n) is 3.01. The number of ether oxygens (including phenoxy) is 1. The summed E-state index contributed by atoms with van der Waals surface area (Å²) in [6.45, 7) is 3.15. The molecule has 1 rings (SSSR count). The predicted molar refractivity (Wildman–Crippen MR) is 54.9 cm³/mol. The van der Waals surface area contributed by atoms with Gasteiger partial charge < -0.3 is 4.74 Å². The first-order chi connectivity index (χ1) is 7.49. The highest BCUT2D eigenvalue weighted by molar-refractivity contribution is 6.31. The predicted octanol–water partition coefficient (Wildman–Crippen LogP) is 3.16. The molecule has 3 nitrogen and oxygen atoms in total. The highest BCUT2D eigenvalue weighted by atomic mass is 35.5. The van der Waals surface area contributed by atoms with Gasteiger partial charge in [0.15, 0.2) is 5.69 Å². The van der Waals surface area contributed by atoms with Crippen molar-refractivity contribution in [3.05, 3.63) is 28.0 Å². The van der Waals surface area contributed by atoms with Gasteiger partial charge in [-0.15, -0.1) is 0 Å². The molecule has 0 aromatic carbocycles. The average molecular weight is 250 g/mol. The third-order valence-corrected chi connectivity index (χ3v) is 2.31. The van der Waals surface area contributed by atoms with Gasteiger partial charge in [0, 0.05) is 11.8 Å². The number of hydrogen-bond donors (Lipinski definition) is 0. The van der Waals surface area contributed by atoms with Crippen LogP contribution in [0, 0.1) is 6.92 Å². The molecule has 0 bridgehead atoms. The van der Waals surface area contributed by atoms with Crippen LogP contribution < -0.4 is 0 Å². The minimum atomic E-state index is -2.75. The number of hydrogen-bond acceptors (Lipinski definition) is 3. The van der Waals surface area contributed by atoms with Crippen molar-refractivity contribution in [2.24, 2.45) is 0 Å². The molecule has 16 heavy (non-hydrogen) atoms. The molecular weight excluding hydrogens is 240 g/mol. The lowest BCUT2D eigenvalue weighted by Crippen LogP contribution is -2.11. The molecule has 0 atom stereocenters. The van der Waals surface area contributed by atoms with E-state index in [1.807, 2.05) is 0 Å². The van der Waals surface area contributed by atoms with E-state index in [0.717, 1.165) is 6.20 Å². The monoisotopic (exact) mass is 249 g/mol. The number of aromatic nitrogens is 1. The Morgan fingerprint density at radius 3 is 2.75 bits per heavy atom. The van der Waals surface area contributed by atoms with Crippen LogP contribution in [0.3, 0.4) is 0 Å². The Labute approximate surface area is 96.4 Å². The molecule has 0 aliphatic carbocycles. The lowest BCUT2D eigenvalue weighted by atomic mass is 10.1. The maximum absolute atomic E-state index is 12.7. The van der Waals surface area contributed by atoms with Crippen molar-refractivity contribution in [3.8, 4) is 0 Å². The number of rotatable bonds is 3. The van der Waals surface area contributed by atoms with Gasteiger partial charge in [0.25, 0.3) is 6.43 Å². The van der Waals surface area contributed by atoms with Gasteiger partial charge in [0.05, 0.1) is 11.6 Å². The number of pyridine rings is 1. The maximum Gasteiger partial charge on any atom is 0.357 e. The molecule has 0 unspecified atom stereocenters. The number of carbonyl (C=O) groups excluding carboxylic acids is 1. The largest absolute Gasteiger partial charge is 0.461 e. The molecule has 0 N–H and O–H groups in total. The van der Waals surface area contributed by atoms with Gasteiger partial charge in [0.2, 0.25) is 0 Å². The third-order valence-electron chi connectivity index (χ3n) is 2.01. The van der Waals surface area contributed by atoms with Crippen LogP contribution in [0.15, 0.2) is 6.20 Å². The van der Waals surface area contributed by atoms with Gasteiger partial charge in [-0.25, -0.2) is 18.6 Å². The van der Waals surface area contributed by atoms with Crippen molar-refractivity contribution in [3.63, 3.8) is 0 Å². The summed E-state index contributed by atoms with van der Waals surface area (Å²) >= 11 is 5.58. The van der Waals surface area contributed by atoms with E-state index in [4.69, 9.17) is 16.3 Å². The van der Waals surface area contributed by atoms with Crippen molar-refractivity contribution in [2.75, 3.05) is 6.61 Å². The van der Waals surface area contributed by atoms with Crippen LogP contribution in [-0.4, -0.2) is 17.6 Å². The van der Waals surface area contributed by atoms with Crippen LogP contribution in [-0.2, 0) is 4.74 Å². The molecule has 0 fully saturated rings. The Balaban J connectivity index is 3.23. The molecule has 6 heteroatoms. The van der Waals surface area contributed by atoms with E-state index >= 15 is 0 Å². The van der Waals surface area contributed by atoms with Crippen molar-refractivity contribution < 1.29 is 18.3 Å². The first-order valence-electron chi connectivity index (χ1n) is 4.59. The Hall–Kier alpha value is -1.23. The molecule has 0 saturated carbocycles. The van der Waals surface area contributed by atoms with E-state index in [1.165, 1.54) is 6.92 Å². The highest BCUT2D eigenvalue weighted by Gasteiger charge is 2.22. The summed E-state index contributed by atoms with van der Waals surface area (Å²) in [5.41, 5.74) is -0.442. The molecule has 1 aromatic rings. The fraction of sp³-hybridized carbons (Fsp3) is 0.400. The molecule has 88 valence electrons. The van der Waals surface area contributed by atoms with E-state index in [2.05, 4.69) is 4.98 Å². The molecule has 1 aromatic heterocycles. The normalized spacial score (nSPS) is 10.6. The quantitative estimate of drug-likeness (QED) is 0.773. The lowest BCUT2D eigenvalue weighted by Gasteiger charge is -2.10. The molecular formula is C10H10ClF2NO2. The molecule has 0 aliphatic heterocycles. The van der Waals surface area contributed by atoms with Gasteiger partial charge in [-0.1, -0.05) is 11.6 Å². The van der Waals surface area contributed by atoms with Crippen LogP contribution in [0.1, 0.15) is 35.0 Å². The van der Waals surface area contributed by atoms with Crippen molar-refractivity contribution >= 4 is 17.6 Å². The SMILES string of the molecule is CCOC(=O)c1ncc(Cl)c(C(F)F)c1C. The minimum Gasteiger partial charge on any atom is -0.461 e. The summed E-state index contributed by atoms with van der Waals surface area (Å²) in [5, 5.41) is -0.152. The van der Waals surface area contributed by atoms with Crippen LogP contribution in [0.4, 0.5) is 8.78 Å². The molecule has 0 radical (unpaired) electrons. The number of carbonyl (C=O) groups is 1. The molecule has 0 aliphatic rings. The number of halogens is 3. The zero-order valence-electron chi connectivity index (χ0n) is 8.76. The van der Waals surface area contributed by atoms with Crippen LogP contribution in [0.2, 0.25) is 5.02 Å². The number of nitrogens with zero attached hydrogens (tertiary/aromatic N) is 1. The van der Waals surface area contributed by atoms with Crippen molar-refractivity contribution in [1.82, 2.24) is 4.98 Å². The van der Waals surface area contributed by atoms with E-state index in [9.17, 15) is 13.6 Å². The van der Waals surface area contributed by atoms with E-state index in [1.54, 1.807) is 6.92 Å². The maximum atomic E-state index is 12.7. The van der Waals surface area contributed by atoms with Gasteiger partial charge in [-0.2, -0.15) is 0 Å². The molecule has 0 spiro atoms. The Morgan fingerprint density at radius 2 is 2.25 bits per heavy atom. The summed E-state index contributed by atoms with van der Waals surface area (Å²) in [5.74, 6) is -0.724. The minimum absolute atomic E-state index is 0.0564. The fourth-order valence-electron chi connectivity index (χ4n) is 1.27. The number of esters is 1. The summed E-state index contributed by atoms with van der Waals surface area (Å²) in [6, 6.07) is 0. The van der Waals surface area contributed by atoms with Gasteiger partial charge in [0.1, 0.15) is 0 Å². The van der Waals surface area contributed by atoms with Gasteiger partial charge >= 0.3 is 5.97 Å². The molecule has 1 heterocycles. The van der Waals surface area contributed by atoms with E-state index in [0.29, 0.717) is 0 Å². The second kappa shape index (κ2) is 5.21. The summed E-state index contributed by atoms with van der Waals surface area (Å²) in [6.07, 6.45) is -1.72. The Kier molecular flexibility index (Phi) is 4.18. The Morgan fingerprint density at radius 1 is 1.62 bits per heavy atom. The molecule has 0 saturated heterocycles. The zero-order valence-corrected chi connectivity index (χ0v) is 9.52. The zero-order chi connectivity index (χ0) is 12.3. The van der Waals surface area contributed by atoms with E-state index < -0.39 is 12.4 Å². The second-order valence-corrected chi connectivity index (χ2v) is 3.42. The van der Waals surface area contributed by atoms with Gasteiger partial charge in [-0.3, -0.25) is 0 Å². The molecule has 0 amide bonds. The smallest absolute Gasteiger partial charge is 0.357 e. The van der Waals surface area contributed by atoms with Gasteiger partial charge in [-0.05, 0) is 19.4 Å². The summed E-state index contributed by atoms with van der Waals surface area (Å²) in [4.78, 5) is 15.1. The number of alkyl halides is 2.